The predicted octanol–water partition coefficient (Wildman–Crippen LogP) is 2.10. The van der Waals surface area contributed by atoms with Crippen LogP contribution in [-0.2, 0) is 4.79 Å². The summed E-state index contributed by atoms with van der Waals surface area (Å²) in [5.41, 5.74) is 7.19. The Morgan fingerprint density at radius 2 is 2.19 bits per heavy atom. The molecule has 0 aliphatic rings. The van der Waals surface area contributed by atoms with E-state index in [2.05, 4.69) is 15.0 Å². The summed E-state index contributed by atoms with van der Waals surface area (Å²) in [5.74, 6) is -0.566. The molecule has 1 atom stereocenters. The van der Waals surface area contributed by atoms with Gasteiger partial charge in [-0.05, 0) is 13.8 Å². The lowest BCUT2D eigenvalue weighted by atomic mass is 10.1. The van der Waals surface area contributed by atoms with Gasteiger partial charge in [-0.1, -0.05) is 11.8 Å². The highest BCUT2D eigenvalue weighted by Gasteiger charge is 2.23. The van der Waals surface area contributed by atoms with Crippen molar-refractivity contribution in [2.75, 3.05) is 11.5 Å². The number of nitrogen functional groups attached to an aromatic ring is 1. The normalized spacial score (nSPS) is 11.9. The number of nitrogens with two attached hydrogens (primary N) is 1. The Balaban J connectivity index is 2.05. The molecule has 21 heavy (non-hydrogen) atoms. The van der Waals surface area contributed by atoms with Gasteiger partial charge < -0.3 is 5.73 Å². The molecule has 0 amide bonds. The summed E-state index contributed by atoms with van der Waals surface area (Å²) in [6.45, 7) is 3.64. The van der Waals surface area contributed by atoms with E-state index in [1.165, 1.54) is 23.1 Å². The zero-order valence-corrected chi connectivity index (χ0v) is 13.2. The van der Waals surface area contributed by atoms with Crippen LogP contribution in [0.1, 0.15) is 22.3 Å². The molecule has 0 saturated carbocycles. The zero-order valence-electron chi connectivity index (χ0n) is 11.5. The van der Waals surface area contributed by atoms with Crippen molar-refractivity contribution in [1.82, 2.24) is 15.0 Å². The third-order valence-corrected chi connectivity index (χ3v) is 4.43. The Hall–Kier alpha value is -1.98. The number of carbonyl (C=O) groups excluding carboxylic acids is 1. The minimum atomic E-state index is -0.835. The average molecular weight is 319 g/mol. The SMILES string of the molecule is Cc1cc(N)nc(SCC(=O)C(C#N)c2nc(C)cs2)n1. The van der Waals surface area contributed by atoms with E-state index < -0.39 is 5.92 Å². The number of nitrogens with zero attached hydrogens (tertiary/aromatic N) is 4. The Kier molecular flexibility index (Phi) is 4.88. The molecule has 0 fully saturated rings. The molecule has 0 bridgehead atoms. The summed E-state index contributed by atoms with van der Waals surface area (Å²) in [6.07, 6.45) is 0. The van der Waals surface area contributed by atoms with Crippen molar-refractivity contribution in [3.05, 3.63) is 27.8 Å². The molecule has 2 aromatic rings. The molecule has 0 aromatic carbocycles. The summed E-state index contributed by atoms with van der Waals surface area (Å²) >= 11 is 2.50. The van der Waals surface area contributed by atoms with E-state index in [0.29, 0.717) is 16.0 Å². The summed E-state index contributed by atoms with van der Waals surface area (Å²) < 4.78 is 0. The van der Waals surface area contributed by atoms with E-state index >= 15 is 0 Å². The molecule has 2 heterocycles. The first kappa shape index (κ1) is 15.4. The number of hydrogen-bond acceptors (Lipinski definition) is 8. The second-order valence-corrected chi connectivity index (χ2v) is 6.19. The van der Waals surface area contributed by atoms with Gasteiger partial charge in [0.1, 0.15) is 10.8 Å². The fourth-order valence-electron chi connectivity index (χ4n) is 1.62. The molecule has 2 aromatic heterocycles. The van der Waals surface area contributed by atoms with Gasteiger partial charge in [0.15, 0.2) is 16.9 Å². The molecule has 1 unspecified atom stereocenters. The van der Waals surface area contributed by atoms with Crippen molar-refractivity contribution in [1.29, 1.82) is 5.26 Å². The van der Waals surface area contributed by atoms with E-state index in [0.717, 1.165) is 11.4 Å². The zero-order chi connectivity index (χ0) is 15.4. The molecule has 0 spiro atoms. The van der Waals surface area contributed by atoms with Gasteiger partial charge in [-0.25, -0.2) is 15.0 Å². The second kappa shape index (κ2) is 6.65. The third-order valence-electron chi connectivity index (χ3n) is 2.53. The van der Waals surface area contributed by atoms with Crippen LogP contribution < -0.4 is 5.73 Å². The monoisotopic (exact) mass is 319 g/mol. The van der Waals surface area contributed by atoms with Crippen LogP contribution in [0.25, 0.3) is 0 Å². The van der Waals surface area contributed by atoms with Crippen LogP contribution in [0.15, 0.2) is 16.6 Å². The smallest absolute Gasteiger partial charge is 0.190 e. The molecule has 0 aliphatic carbocycles. The number of Topliss-reactive ketones (excluding diaryl/α,β-unsaturated/α-hetero) is 1. The lowest BCUT2D eigenvalue weighted by Crippen LogP contribution is -2.13. The minimum Gasteiger partial charge on any atom is -0.384 e. The Labute approximate surface area is 130 Å². The predicted molar refractivity (Wildman–Crippen MR) is 82.1 cm³/mol. The number of thiazole rings is 1. The van der Waals surface area contributed by atoms with Crippen LogP contribution in [0.2, 0.25) is 0 Å². The summed E-state index contributed by atoms with van der Waals surface area (Å²) in [4.78, 5) is 24.6. The summed E-state index contributed by atoms with van der Waals surface area (Å²) in [6, 6.07) is 3.67. The topological polar surface area (TPSA) is 106 Å². The standard InChI is InChI=1S/C13H13N5OS2/c1-7-3-11(15)18-13(17-7)21-6-10(19)9(4-14)12-16-8(2)5-20-12/h3,5,9H,6H2,1-2H3,(H2,15,17,18). The Morgan fingerprint density at radius 1 is 1.43 bits per heavy atom. The van der Waals surface area contributed by atoms with Gasteiger partial charge in [0, 0.05) is 22.8 Å². The van der Waals surface area contributed by atoms with E-state index in [9.17, 15) is 10.1 Å². The fraction of sp³-hybridized carbons (Fsp3) is 0.308. The van der Waals surface area contributed by atoms with Crippen molar-refractivity contribution in [3.63, 3.8) is 0 Å². The Bertz CT molecular complexity index is 687. The molecular weight excluding hydrogens is 306 g/mol. The average Bonchev–Trinajstić information content (AvgIpc) is 2.82. The van der Waals surface area contributed by atoms with Crippen LogP contribution in [0.4, 0.5) is 5.82 Å². The van der Waals surface area contributed by atoms with Crippen LogP contribution in [0, 0.1) is 25.2 Å². The van der Waals surface area contributed by atoms with Crippen molar-refractivity contribution < 1.29 is 4.79 Å². The molecule has 2 rings (SSSR count). The quantitative estimate of drug-likeness (QED) is 0.664. The number of carbonyl (C=O) groups is 1. The van der Waals surface area contributed by atoms with Gasteiger partial charge >= 0.3 is 0 Å². The lowest BCUT2D eigenvalue weighted by Gasteiger charge is -2.05. The highest BCUT2D eigenvalue weighted by molar-refractivity contribution is 7.99. The van der Waals surface area contributed by atoms with Gasteiger partial charge in [-0.15, -0.1) is 11.3 Å². The highest BCUT2D eigenvalue weighted by atomic mass is 32.2. The molecular formula is C13H13N5OS2. The van der Waals surface area contributed by atoms with Gasteiger partial charge in [-0.2, -0.15) is 5.26 Å². The number of hydrogen-bond donors (Lipinski definition) is 1. The molecule has 0 aliphatic heterocycles. The first-order valence-electron chi connectivity index (χ1n) is 6.08. The van der Waals surface area contributed by atoms with Crippen molar-refractivity contribution in [3.8, 4) is 6.07 Å². The molecule has 108 valence electrons. The summed E-state index contributed by atoms with van der Waals surface area (Å²) in [5, 5.41) is 12.0. The lowest BCUT2D eigenvalue weighted by molar-refractivity contribution is -0.116. The molecule has 0 radical (unpaired) electrons. The van der Waals surface area contributed by atoms with Crippen LogP contribution in [-0.4, -0.2) is 26.5 Å². The first-order valence-corrected chi connectivity index (χ1v) is 7.94. The maximum atomic E-state index is 12.2. The number of thioether (sulfide) groups is 1. The number of aromatic nitrogens is 3. The van der Waals surface area contributed by atoms with Gasteiger partial charge in [-0.3, -0.25) is 4.79 Å². The number of aryl methyl sites for hydroxylation is 2. The van der Waals surface area contributed by atoms with E-state index in [4.69, 9.17) is 5.73 Å². The number of nitriles is 1. The maximum Gasteiger partial charge on any atom is 0.190 e. The number of anilines is 1. The third kappa shape index (κ3) is 4.00. The summed E-state index contributed by atoms with van der Waals surface area (Å²) in [7, 11) is 0. The van der Waals surface area contributed by atoms with Crippen LogP contribution >= 0.6 is 23.1 Å². The van der Waals surface area contributed by atoms with E-state index in [-0.39, 0.29) is 11.5 Å². The van der Waals surface area contributed by atoms with Crippen molar-refractivity contribution in [2.45, 2.75) is 24.9 Å². The highest BCUT2D eigenvalue weighted by Crippen LogP contribution is 2.24. The van der Waals surface area contributed by atoms with E-state index in [1.807, 2.05) is 18.4 Å². The van der Waals surface area contributed by atoms with Crippen LogP contribution in [0.5, 0.6) is 0 Å². The van der Waals surface area contributed by atoms with Crippen molar-refractivity contribution >= 4 is 34.7 Å². The minimum absolute atomic E-state index is 0.111. The van der Waals surface area contributed by atoms with Crippen LogP contribution in [0.3, 0.4) is 0 Å². The molecule has 0 saturated heterocycles. The molecule has 8 heteroatoms. The number of ketones is 1. The molecule has 2 N–H and O–H groups in total. The first-order chi connectivity index (χ1) is 9.99. The van der Waals surface area contributed by atoms with Gasteiger partial charge in [0.05, 0.1) is 11.8 Å². The van der Waals surface area contributed by atoms with E-state index in [1.54, 1.807) is 13.0 Å². The maximum absolute atomic E-state index is 12.2. The van der Waals surface area contributed by atoms with Gasteiger partial charge in [0.2, 0.25) is 0 Å². The van der Waals surface area contributed by atoms with Gasteiger partial charge in [0.25, 0.3) is 0 Å². The largest absolute Gasteiger partial charge is 0.384 e. The molecule has 6 nitrogen and oxygen atoms in total. The van der Waals surface area contributed by atoms with Crippen molar-refractivity contribution in [2.24, 2.45) is 0 Å². The fourth-order valence-corrected chi connectivity index (χ4v) is 3.30. The Morgan fingerprint density at radius 3 is 2.76 bits per heavy atom. The second-order valence-electron chi connectivity index (χ2n) is 4.36. The number of rotatable bonds is 5.